The van der Waals surface area contributed by atoms with Crippen LogP contribution < -0.4 is 5.73 Å². The summed E-state index contributed by atoms with van der Waals surface area (Å²) in [6.07, 6.45) is 0. The third-order valence-electron chi connectivity index (χ3n) is 1.63. The predicted octanol–water partition coefficient (Wildman–Crippen LogP) is 1.04. The maximum atomic E-state index is 10.9. The van der Waals surface area contributed by atoms with Crippen LogP contribution in [0.3, 0.4) is 0 Å². The Labute approximate surface area is 79.0 Å². The van der Waals surface area contributed by atoms with Crippen molar-refractivity contribution < 1.29 is 14.7 Å². The number of carbonyl (C=O) groups is 2. The molecular formula is C8H9NO3S. The number of hydrogen-bond acceptors (Lipinski definition) is 4. The largest absolute Gasteiger partial charge is 0.477 e. The van der Waals surface area contributed by atoms with Crippen LogP contribution >= 0.6 is 11.3 Å². The van der Waals surface area contributed by atoms with Crippen LogP contribution in [0.4, 0.5) is 0 Å². The van der Waals surface area contributed by atoms with Crippen molar-refractivity contribution in [2.75, 3.05) is 0 Å². The Morgan fingerprint density at radius 3 is 2.62 bits per heavy atom. The van der Waals surface area contributed by atoms with Gasteiger partial charge in [0.15, 0.2) is 5.78 Å². The third-order valence-corrected chi connectivity index (χ3v) is 2.56. The molecule has 0 aromatic carbocycles. The van der Waals surface area contributed by atoms with Crippen molar-refractivity contribution in [1.82, 2.24) is 0 Å². The minimum absolute atomic E-state index is 0.172. The summed E-state index contributed by atoms with van der Waals surface area (Å²) in [7, 11) is 0. The van der Waals surface area contributed by atoms with Crippen molar-refractivity contribution in [2.45, 2.75) is 13.0 Å². The lowest BCUT2D eigenvalue weighted by molar-refractivity contribution is -0.118. The number of rotatable bonds is 3. The summed E-state index contributed by atoms with van der Waals surface area (Å²) < 4.78 is 0. The molecule has 1 rings (SSSR count). The molecule has 0 radical (unpaired) electrons. The van der Waals surface area contributed by atoms with Gasteiger partial charge in [0.25, 0.3) is 0 Å². The molecule has 0 spiro atoms. The summed E-state index contributed by atoms with van der Waals surface area (Å²) in [5.74, 6) is -1.17. The molecule has 70 valence electrons. The van der Waals surface area contributed by atoms with Crippen molar-refractivity contribution >= 4 is 23.1 Å². The van der Waals surface area contributed by atoms with Gasteiger partial charge < -0.3 is 10.8 Å². The smallest absolute Gasteiger partial charge is 0.345 e. The maximum Gasteiger partial charge on any atom is 0.345 e. The van der Waals surface area contributed by atoms with Gasteiger partial charge in [-0.25, -0.2) is 4.79 Å². The first-order valence-electron chi connectivity index (χ1n) is 3.60. The molecule has 1 aromatic rings. The molecule has 1 atom stereocenters. The van der Waals surface area contributed by atoms with Crippen LogP contribution in [-0.4, -0.2) is 16.9 Å². The SMILES string of the molecule is CC(=O)C(N)c1csc(C(=O)O)c1. The highest BCUT2D eigenvalue weighted by molar-refractivity contribution is 7.12. The highest BCUT2D eigenvalue weighted by Gasteiger charge is 2.15. The van der Waals surface area contributed by atoms with E-state index in [-0.39, 0.29) is 10.7 Å². The van der Waals surface area contributed by atoms with Crippen molar-refractivity contribution in [2.24, 2.45) is 5.73 Å². The standard InChI is InChI=1S/C8H9NO3S/c1-4(10)7(9)5-2-6(8(11)12)13-3-5/h2-3,7H,9H2,1H3,(H,11,12). The number of carboxylic acid groups (broad SMARTS) is 1. The van der Waals surface area contributed by atoms with Gasteiger partial charge in [-0.05, 0) is 23.9 Å². The summed E-state index contributed by atoms with van der Waals surface area (Å²) in [5.41, 5.74) is 6.08. The van der Waals surface area contributed by atoms with Gasteiger partial charge in [-0.15, -0.1) is 11.3 Å². The molecule has 0 aliphatic carbocycles. The number of nitrogens with two attached hydrogens (primary N) is 1. The third kappa shape index (κ3) is 2.13. The second-order valence-electron chi connectivity index (χ2n) is 2.64. The number of carbonyl (C=O) groups excluding carboxylic acids is 1. The number of aromatic carboxylic acids is 1. The lowest BCUT2D eigenvalue weighted by atomic mass is 10.1. The molecule has 1 aromatic heterocycles. The van der Waals surface area contributed by atoms with E-state index in [9.17, 15) is 9.59 Å². The van der Waals surface area contributed by atoms with Gasteiger partial charge in [0.1, 0.15) is 4.88 Å². The first-order valence-corrected chi connectivity index (χ1v) is 4.48. The van der Waals surface area contributed by atoms with Crippen LogP contribution in [0.25, 0.3) is 0 Å². The Morgan fingerprint density at radius 2 is 2.23 bits per heavy atom. The van der Waals surface area contributed by atoms with Gasteiger partial charge in [0.2, 0.25) is 0 Å². The Morgan fingerprint density at radius 1 is 1.62 bits per heavy atom. The monoisotopic (exact) mass is 199 g/mol. The van der Waals surface area contributed by atoms with E-state index >= 15 is 0 Å². The summed E-state index contributed by atoms with van der Waals surface area (Å²) in [6, 6.07) is 0.725. The van der Waals surface area contributed by atoms with Crippen LogP contribution in [0.5, 0.6) is 0 Å². The molecular weight excluding hydrogens is 190 g/mol. The van der Waals surface area contributed by atoms with Crippen molar-refractivity contribution in [3.8, 4) is 0 Å². The minimum Gasteiger partial charge on any atom is -0.477 e. The van der Waals surface area contributed by atoms with Crippen LogP contribution in [0.1, 0.15) is 28.2 Å². The molecule has 1 unspecified atom stereocenters. The normalized spacial score (nSPS) is 12.5. The molecule has 3 N–H and O–H groups in total. The molecule has 0 bridgehead atoms. The van der Waals surface area contributed by atoms with Crippen molar-refractivity contribution in [1.29, 1.82) is 0 Å². The van der Waals surface area contributed by atoms with E-state index < -0.39 is 12.0 Å². The highest BCUT2D eigenvalue weighted by atomic mass is 32.1. The van der Waals surface area contributed by atoms with E-state index in [4.69, 9.17) is 10.8 Å². The van der Waals surface area contributed by atoms with Gasteiger partial charge in [-0.1, -0.05) is 0 Å². The Balaban J connectivity index is 2.91. The van der Waals surface area contributed by atoms with E-state index in [2.05, 4.69) is 0 Å². The van der Waals surface area contributed by atoms with E-state index in [0.717, 1.165) is 11.3 Å². The topological polar surface area (TPSA) is 80.4 Å². The molecule has 0 fully saturated rings. The maximum absolute atomic E-state index is 10.9. The predicted molar refractivity (Wildman–Crippen MR) is 48.9 cm³/mol. The van der Waals surface area contributed by atoms with Gasteiger partial charge in [-0.2, -0.15) is 0 Å². The van der Waals surface area contributed by atoms with E-state index in [0.29, 0.717) is 5.56 Å². The molecule has 0 aliphatic heterocycles. The lowest BCUT2D eigenvalue weighted by Gasteiger charge is -2.02. The molecule has 0 aliphatic rings. The fraction of sp³-hybridized carbons (Fsp3) is 0.250. The van der Waals surface area contributed by atoms with Crippen LogP contribution in [0.15, 0.2) is 11.4 Å². The molecule has 13 heavy (non-hydrogen) atoms. The second kappa shape index (κ2) is 3.68. The number of ketones is 1. The minimum atomic E-state index is -0.994. The zero-order chi connectivity index (χ0) is 10.0. The zero-order valence-corrected chi connectivity index (χ0v) is 7.80. The summed E-state index contributed by atoms with van der Waals surface area (Å²) in [6.45, 7) is 1.38. The highest BCUT2D eigenvalue weighted by Crippen LogP contribution is 2.19. The molecule has 0 saturated carbocycles. The number of Topliss-reactive ketones (excluding diaryl/α,β-unsaturated/α-hetero) is 1. The fourth-order valence-corrected chi connectivity index (χ4v) is 1.64. The van der Waals surface area contributed by atoms with Crippen molar-refractivity contribution in [3.63, 3.8) is 0 Å². The number of carboxylic acids is 1. The summed E-state index contributed by atoms with van der Waals surface area (Å²) in [4.78, 5) is 21.5. The average Bonchev–Trinajstić information content (AvgIpc) is 2.50. The van der Waals surface area contributed by atoms with E-state index in [1.807, 2.05) is 0 Å². The molecule has 0 saturated heterocycles. The Kier molecular flexibility index (Phi) is 2.79. The number of hydrogen-bond donors (Lipinski definition) is 2. The first-order chi connectivity index (χ1) is 6.02. The van der Waals surface area contributed by atoms with Crippen LogP contribution in [-0.2, 0) is 4.79 Å². The quantitative estimate of drug-likeness (QED) is 0.762. The molecule has 1 heterocycles. The van der Waals surface area contributed by atoms with Crippen LogP contribution in [0, 0.1) is 0 Å². The van der Waals surface area contributed by atoms with Gasteiger partial charge in [0, 0.05) is 0 Å². The Bertz CT molecular complexity index is 345. The van der Waals surface area contributed by atoms with E-state index in [1.165, 1.54) is 13.0 Å². The Hall–Kier alpha value is -1.20. The van der Waals surface area contributed by atoms with Gasteiger partial charge in [0.05, 0.1) is 6.04 Å². The molecule has 0 amide bonds. The van der Waals surface area contributed by atoms with Gasteiger partial charge >= 0.3 is 5.97 Å². The average molecular weight is 199 g/mol. The second-order valence-corrected chi connectivity index (χ2v) is 3.55. The summed E-state index contributed by atoms with van der Waals surface area (Å²) >= 11 is 1.07. The van der Waals surface area contributed by atoms with E-state index in [1.54, 1.807) is 5.38 Å². The lowest BCUT2D eigenvalue weighted by Crippen LogP contribution is -2.17. The fourth-order valence-electron chi connectivity index (χ4n) is 0.861. The summed E-state index contributed by atoms with van der Waals surface area (Å²) in [5, 5.41) is 10.2. The van der Waals surface area contributed by atoms with Crippen LogP contribution in [0.2, 0.25) is 0 Å². The van der Waals surface area contributed by atoms with Crippen molar-refractivity contribution in [3.05, 3.63) is 21.9 Å². The molecule has 4 nitrogen and oxygen atoms in total. The van der Waals surface area contributed by atoms with Gasteiger partial charge in [-0.3, -0.25) is 4.79 Å². The number of thiophene rings is 1. The first kappa shape index (κ1) is 9.88. The molecule has 5 heteroatoms. The zero-order valence-electron chi connectivity index (χ0n) is 6.98.